The number of carbonyl (C=O) groups is 1. The van der Waals surface area contributed by atoms with E-state index in [-0.39, 0.29) is 5.91 Å². The zero-order valence-electron chi connectivity index (χ0n) is 10.9. The van der Waals surface area contributed by atoms with Crippen LogP contribution >= 0.6 is 0 Å². The number of pyridine rings is 1. The van der Waals surface area contributed by atoms with Crippen LogP contribution in [0.5, 0.6) is 0 Å². The fourth-order valence-electron chi connectivity index (χ4n) is 1.68. The molecule has 1 rings (SSSR count). The number of aromatic nitrogens is 1. The molecule has 0 radical (unpaired) electrons. The van der Waals surface area contributed by atoms with Crippen LogP contribution in [0.4, 0.5) is 5.82 Å². The monoisotopic (exact) mass is 235 g/mol. The average Bonchev–Trinajstić information content (AvgIpc) is 2.38. The van der Waals surface area contributed by atoms with Gasteiger partial charge in [-0.25, -0.2) is 4.98 Å². The van der Waals surface area contributed by atoms with E-state index in [2.05, 4.69) is 17.2 Å². The van der Waals surface area contributed by atoms with Crippen LogP contribution in [0.1, 0.15) is 36.5 Å². The predicted octanol–water partition coefficient (Wildman–Crippen LogP) is 2.39. The number of amides is 1. The molecule has 1 N–H and O–H groups in total. The van der Waals surface area contributed by atoms with Gasteiger partial charge in [-0.05, 0) is 18.6 Å². The number of hydrogen-bond acceptors (Lipinski definition) is 3. The summed E-state index contributed by atoms with van der Waals surface area (Å²) in [4.78, 5) is 18.1. The molecule has 0 spiro atoms. The van der Waals surface area contributed by atoms with Gasteiger partial charge in [-0.15, -0.1) is 0 Å². The maximum atomic E-state index is 12.2. The lowest BCUT2D eigenvalue weighted by molar-refractivity contribution is 0.0793. The van der Waals surface area contributed by atoms with Crippen molar-refractivity contribution >= 4 is 11.7 Å². The molecule has 0 saturated heterocycles. The van der Waals surface area contributed by atoms with Gasteiger partial charge in [0.05, 0.1) is 5.56 Å². The second-order valence-electron chi connectivity index (χ2n) is 4.08. The third kappa shape index (κ3) is 3.73. The Kier molecular flexibility index (Phi) is 5.46. The number of nitrogens with zero attached hydrogens (tertiary/aromatic N) is 2. The molecule has 1 heterocycles. The summed E-state index contributed by atoms with van der Waals surface area (Å²) in [6.45, 7) is 2.95. The van der Waals surface area contributed by atoms with E-state index in [0.717, 1.165) is 25.8 Å². The molecular weight excluding hydrogens is 214 g/mol. The lowest BCUT2D eigenvalue weighted by Gasteiger charge is -2.18. The molecule has 0 fully saturated rings. The van der Waals surface area contributed by atoms with E-state index in [4.69, 9.17) is 0 Å². The highest BCUT2D eigenvalue weighted by atomic mass is 16.2. The summed E-state index contributed by atoms with van der Waals surface area (Å²) < 4.78 is 0. The third-order valence-electron chi connectivity index (χ3n) is 2.72. The zero-order chi connectivity index (χ0) is 12.7. The third-order valence-corrected chi connectivity index (χ3v) is 2.72. The Morgan fingerprint density at radius 3 is 2.88 bits per heavy atom. The van der Waals surface area contributed by atoms with Gasteiger partial charge < -0.3 is 10.2 Å². The van der Waals surface area contributed by atoms with E-state index < -0.39 is 0 Å². The lowest BCUT2D eigenvalue weighted by atomic mass is 10.2. The Balaban J connectivity index is 2.67. The summed E-state index contributed by atoms with van der Waals surface area (Å²) in [6, 6.07) is 3.59. The molecule has 1 amide bonds. The van der Waals surface area contributed by atoms with E-state index in [0.29, 0.717) is 11.4 Å². The summed E-state index contributed by atoms with van der Waals surface area (Å²) in [7, 11) is 3.61. The maximum Gasteiger partial charge on any atom is 0.257 e. The summed E-state index contributed by atoms with van der Waals surface area (Å²) in [5.41, 5.74) is 0.633. The lowest BCUT2D eigenvalue weighted by Crippen LogP contribution is -2.28. The van der Waals surface area contributed by atoms with Gasteiger partial charge in [0.2, 0.25) is 0 Å². The molecule has 0 aromatic carbocycles. The summed E-state index contributed by atoms with van der Waals surface area (Å²) in [6.07, 6.45) is 5.05. The number of nitrogens with one attached hydrogen (secondary N) is 1. The van der Waals surface area contributed by atoms with E-state index >= 15 is 0 Å². The molecule has 0 atom stereocenters. The number of hydrogen-bond donors (Lipinski definition) is 1. The molecule has 0 aliphatic heterocycles. The molecule has 17 heavy (non-hydrogen) atoms. The molecule has 0 saturated carbocycles. The second kappa shape index (κ2) is 6.89. The van der Waals surface area contributed by atoms with Gasteiger partial charge in [0.25, 0.3) is 5.91 Å². The maximum absolute atomic E-state index is 12.2. The smallest absolute Gasteiger partial charge is 0.257 e. The highest BCUT2D eigenvalue weighted by Crippen LogP contribution is 2.13. The van der Waals surface area contributed by atoms with Gasteiger partial charge in [-0.1, -0.05) is 19.8 Å². The van der Waals surface area contributed by atoms with Crippen molar-refractivity contribution in [1.82, 2.24) is 9.88 Å². The highest BCUT2D eigenvalue weighted by molar-refractivity contribution is 5.98. The van der Waals surface area contributed by atoms with Crippen molar-refractivity contribution in [3.8, 4) is 0 Å². The number of anilines is 1. The quantitative estimate of drug-likeness (QED) is 0.770. The van der Waals surface area contributed by atoms with Crippen LogP contribution in [0.15, 0.2) is 18.3 Å². The fourth-order valence-corrected chi connectivity index (χ4v) is 1.68. The zero-order valence-corrected chi connectivity index (χ0v) is 10.9. The van der Waals surface area contributed by atoms with Gasteiger partial charge >= 0.3 is 0 Å². The summed E-state index contributed by atoms with van der Waals surface area (Å²) in [5.74, 6) is 0.665. The topological polar surface area (TPSA) is 45.2 Å². The first-order chi connectivity index (χ1) is 8.20. The first-order valence-electron chi connectivity index (χ1n) is 6.09. The predicted molar refractivity (Wildman–Crippen MR) is 70.3 cm³/mol. The Morgan fingerprint density at radius 1 is 1.47 bits per heavy atom. The van der Waals surface area contributed by atoms with E-state index in [1.165, 1.54) is 0 Å². The molecule has 1 aromatic heterocycles. The van der Waals surface area contributed by atoms with Crippen molar-refractivity contribution in [1.29, 1.82) is 0 Å². The SMILES string of the molecule is CCCCCN(C)C(=O)c1cccnc1NC. The number of carbonyl (C=O) groups excluding carboxylic acids is 1. The first-order valence-corrected chi connectivity index (χ1v) is 6.09. The Bertz CT molecular complexity index is 365. The van der Waals surface area contributed by atoms with Gasteiger partial charge in [0.15, 0.2) is 0 Å². The summed E-state index contributed by atoms with van der Waals surface area (Å²) in [5, 5.41) is 2.94. The number of rotatable bonds is 6. The first kappa shape index (κ1) is 13.5. The van der Waals surface area contributed by atoms with E-state index in [9.17, 15) is 4.79 Å². The molecule has 1 aromatic rings. The minimum absolute atomic E-state index is 0.0264. The van der Waals surface area contributed by atoms with Crippen LogP contribution in [-0.2, 0) is 0 Å². The van der Waals surface area contributed by atoms with Crippen molar-refractivity contribution in [3.05, 3.63) is 23.9 Å². The van der Waals surface area contributed by atoms with E-state index in [1.807, 2.05) is 7.05 Å². The van der Waals surface area contributed by atoms with Crippen molar-refractivity contribution < 1.29 is 4.79 Å². The van der Waals surface area contributed by atoms with Crippen molar-refractivity contribution in [2.75, 3.05) is 26.0 Å². The normalized spacial score (nSPS) is 10.1. The van der Waals surface area contributed by atoms with Crippen molar-refractivity contribution in [2.24, 2.45) is 0 Å². The van der Waals surface area contributed by atoms with E-state index in [1.54, 1.807) is 30.3 Å². The molecule has 0 unspecified atom stereocenters. The van der Waals surface area contributed by atoms with Gasteiger partial charge in [-0.3, -0.25) is 4.79 Å². The van der Waals surface area contributed by atoms with Crippen molar-refractivity contribution in [3.63, 3.8) is 0 Å². The molecule has 0 bridgehead atoms. The van der Waals surface area contributed by atoms with Crippen LogP contribution in [0, 0.1) is 0 Å². The van der Waals surface area contributed by atoms with Gasteiger partial charge in [-0.2, -0.15) is 0 Å². The Morgan fingerprint density at radius 2 is 2.24 bits per heavy atom. The van der Waals surface area contributed by atoms with Crippen LogP contribution in [0.3, 0.4) is 0 Å². The van der Waals surface area contributed by atoms with Gasteiger partial charge in [0.1, 0.15) is 5.82 Å². The summed E-state index contributed by atoms with van der Waals surface area (Å²) >= 11 is 0. The number of unbranched alkanes of at least 4 members (excludes halogenated alkanes) is 2. The molecule has 0 aliphatic carbocycles. The van der Waals surface area contributed by atoms with Gasteiger partial charge in [0, 0.05) is 26.8 Å². The molecule has 0 aliphatic rings. The minimum Gasteiger partial charge on any atom is -0.372 e. The average molecular weight is 235 g/mol. The molecule has 4 heteroatoms. The van der Waals surface area contributed by atoms with Crippen LogP contribution in [0.2, 0.25) is 0 Å². The van der Waals surface area contributed by atoms with Crippen molar-refractivity contribution in [2.45, 2.75) is 26.2 Å². The largest absolute Gasteiger partial charge is 0.372 e. The van der Waals surface area contributed by atoms with Crippen LogP contribution in [0.25, 0.3) is 0 Å². The fraction of sp³-hybridized carbons (Fsp3) is 0.538. The van der Waals surface area contributed by atoms with Crippen LogP contribution in [-0.4, -0.2) is 36.4 Å². The second-order valence-corrected chi connectivity index (χ2v) is 4.08. The standard InChI is InChI=1S/C13H21N3O/c1-4-5-6-10-16(3)13(17)11-8-7-9-15-12(11)14-2/h7-9H,4-6,10H2,1-3H3,(H,14,15). The molecule has 94 valence electrons. The highest BCUT2D eigenvalue weighted by Gasteiger charge is 2.15. The Labute approximate surface area is 103 Å². The minimum atomic E-state index is 0.0264. The molecule has 4 nitrogen and oxygen atoms in total. The van der Waals surface area contributed by atoms with Crippen LogP contribution < -0.4 is 5.32 Å². The molecular formula is C13H21N3O. The Hall–Kier alpha value is -1.58.